The maximum Gasteiger partial charge on any atom is 0.122 e. The first-order valence-electron chi connectivity index (χ1n) is 8.99. The summed E-state index contributed by atoms with van der Waals surface area (Å²) in [5.41, 5.74) is 7.78. The minimum Gasteiger partial charge on any atom is -0.494 e. The highest BCUT2D eigenvalue weighted by Gasteiger charge is 2.33. The molecule has 1 aliphatic carbocycles. The molecule has 1 saturated carbocycles. The van der Waals surface area contributed by atoms with Crippen molar-refractivity contribution in [3.05, 3.63) is 28.8 Å². The van der Waals surface area contributed by atoms with Crippen molar-refractivity contribution in [2.45, 2.75) is 59.3 Å². The highest BCUT2D eigenvalue weighted by molar-refractivity contribution is 6.30. The van der Waals surface area contributed by atoms with E-state index in [1.54, 1.807) is 0 Å². The van der Waals surface area contributed by atoms with Crippen molar-refractivity contribution in [3.63, 3.8) is 0 Å². The average molecular weight is 338 g/mol. The standard InChI is InChI=1S/C20H32ClNO/c1-5-23-19-11-10-16(21)12-17(19)18(13-22)14-6-8-15(9-7-14)20(2,3)4/h10-12,14-15,18H,5-9,13,22H2,1-4H3. The van der Waals surface area contributed by atoms with Crippen LogP contribution in [0.3, 0.4) is 0 Å². The minimum absolute atomic E-state index is 0.344. The first-order valence-corrected chi connectivity index (χ1v) is 9.37. The van der Waals surface area contributed by atoms with Crippen molar-refractivity contribution >= 4 is 11.6 Å². The number of ether oxygens (including phenoxy) is 1. The molecule has 1 fully saturated rings. The first kappa shape index (κ1) is 18.6. The number of hydrogen-bond donors (Lipinski definition) is 1. The van der Waals surface area contributed by atoms with Crippen LogP contribution in [0, 0.1) is 17.3 Å². The number of benzene rings is 1. The number of halogens is 1. The van der Waals surface area contributed by atoms with Crippen molar-refractivity contribution in [1.82, 2.24) is 0 Å². The van der Waals surface area contributed by atoms with E-state index in [1.807, 2.05) is 19.1 Å². The van der Waals surface area contributed by atoms with Crippen LogP contribution >= 0.6 is 11.6 Å². The maximum atomic E-state index is 6.24. The van der Waals surface area contributed by atoms with E-state index in [-0.39, 0.29) is 0 Å². The second kappa shape index (κ2) is 7.90. The smallest absolute Gasteiger partial charge is 0.122 e. The highest BCUT2D eigenvalue weighted by Crippen LogP contribution is 2.45. The normalized spacial score (nSPS) is 23.6. The Balaban J connectivity index is 2.16. The lowest BCUT2D eigenvalue weighted by Gasteiger charge is -2.39. The van der Waals surface area contributed by atoms with E-state index in [9.17, 15) is 0 Å². The predicted molar refractivity (Wildman–Crippen MR) is 99.3 cm³/mol. The molecule has 2 rings (SSSR count). The lowest BCUT2D eigenvalue weighted by atomic mass is 9.66. The van der Waals surface area contributed by atoms with Crippen LogP contribution in [0.15, 0.2) is 18.2 Å². The van der Waals surface area contributed by atoms with Gasteiger partial charge in [0, 0.05) is 16.5 Å². The van der Waals surface area contributed by atoms with Gasteiger partial charge in [0.2, 0.25) is 0 Å². The molecule has 0 radical (unpaired) electrons. The van der Waals surface area contributed by atoms with Crippen LogP contribution in [-0.4, -0.2) is 13.2 Å². The molecule has 0 saturated heterocycles. The number of rotatable bonds is 5. The van der Waals surface area contributed by atoms with Crippen LogP contribution in [0.5, 0.6) is 5.75 Å². The Hall–Kier alpha value is -0.730. The van der Waals surface area contributed by atoms with E-state index < -0.39 is 0 Å². The summed E-state index contributed by atoms with van der Waals surface area (Å²) in [6.07, 6.45) is 5.11. The zero-order valence-electron chi connectivity index (χ0n) is 15.1. The Morgan fingerprint density at radius 1 is 1.22 bits per heavy atom. The summed E-state index contributed by atoms with van der Waals surface area (Å²) in [5, 5.41) is 0.769. The van der Waals surface area contributed by atoms with Gasteiger partial charge in [-0.2, -0.15) is 0 Å². The molecule has 0 heterocycles. The molecular weight excluding hydrogens is 306 g/mol. The Bertz CT molecular complexity index is 501. The van der Waals surface area contributed by atoms with Crippen LogP contribution in [0.4, 0.5) is 0 Å². The molecule has 1 atom stereocenters. The third kappa shape index (κ3) is 4.64. The first-order chi connectivity index (χ1) is 10.9. The fraction of sp³-hybridized carbons (Fsp3) is 0.700. The minimum atomic E-state index is 0.344. The second-order valence-electron chi connectivity index (χ2n) is 7.94. The molecule has 2 nitrogen and oxygen atoms in total. The quantitative estimate of drug-likeness (QED) is 0.755. The van der Waals surface area contributed by atoms with Crippen molar-refractivity contribution in [2.24, 2.45) is 23.0 Å². The lowest BCUT2D eigenvalue weighted by Crippen LogP contribution is -2.30. The largest absolute Gasteiger partial charge is 0.494 e. The van der Waals surface area contributed by atoms with Crippen LogP contribution < -0.4 is 10.5 Å². The fourth-order valence-corrected chi connectivity index (χ4v) is 4.24. The van der Waals surface area contributed by atoms with Gasteiger partial charge in [-0.05, 0) is 74.6 Å². The van der Waals surface area contributed by atoms with E-state index in [1.165, 1.54) is 31.2 Å². The Labute approximate surface area is 146 Å². The fourth-order valence-electron chi connectivity index (χ4n) is 4.06. The molecule has 0 bridgehead atoms. The lowest BCUT2D eigenvalue weighted by molar-refractivity contribution is 0.139. The SMILES string of the molecule is CCOc1ccc(Cl)cc1C(CN)C1CCC(C(C)(C)C)CC1. The van der Waals surface area contributed by atoms with Crippen LogP contribution in [0.2, 0.25) is 5.02 Å². The molecule has 1 aromatic rings. The number of hydrogen-bond acceptors (Lipinski definition) is 2. The number of nitrogens with two attached hydrogens (primary N) is 1. The molecule has 1 aromatic carbocycles. The molecule has 2 N–H and O–H groups in total. The van der Waals surface area contributed by atoms with Gasteiger partial charge in [-0.3, -0.25) is 0 Å². The molecule has 0 aromatic heterocycles. The van der Waals surface area contributed by atoms with E-state index >= 15 is 0 Å². The molecule has 0 aliphatic heterocycles. The van der Waals surface area contributed by atoms with E-state index in [0.29, 0.717) is 30.4 Å². The van der Waals surface area contributed by atoms with Crippen LogP contribution in [-0.2, 0) is 0 Å². The maximum absolute atomic E-state index is 6.24. The molecule has 1 unspecified atom stereocenters. The predicted octanol–water partition coefficient (Wildman–Crippen LogP) is 5.63. The molecule has 3 heteroatoms. The van der Waals surface area contributed by atoms with Gasteiger partial charge in [-0.1, -0.05) is 32.4 Å². The molecule has 130 valence electrons. The van der Waals surface area contributed by atoms with E-state index in [2.05, 4.69) is 26.8 Å². The zero-order chi connectivity index (χ0) is 17.0. The summed E-state index contributed by atoms with van der Waals surface area (Å²) >= 11 is 6.24. The summed E-state index contributed by atoms with van der Waals surface area (Å²) < 4.78 is 5.83. The summed E-state index contributed by atoms with van der Waals surface area (Å²) in [6, 6.07) is 5.95. The summed E-state index contributed by atoms with van der Waals surface area (Å²) in [5.74, 6) is 2.75. The molecule has 23 heavy (non-hydrogen) atoms. The summed E-state index contributed by atoms with van der Waals surface area (Å²) in [7, 11) is 0. The van der Waals surface area contributed by atoms with Gasteiger partial charge in [0.1, 0.15) is 5.75 Å². The van der Waals surface area contributed by atoms with Gasteiger partial charge >= 0.3 is 0 Å². The van der Waals surface area contributed by atoms with Crippen LogP contribution in [0.25, 0.3) is 0 Å². The van der Waals surface area contributed by atoms with E-state index in [4.69, 9.17) is 22.1 Å². The highest BCUT2D eigenvalue weighted by atomic mass is 35.5. The second-order valence-corrected chi connectivity index (χ2v) is 8.37. The van der Waals surface area contributed by atoms with Gasteiger partial charge in [-0.25, -0.2) is 0 Å². The Kier molecular flexibility index (Phi) is 6.39. The van der Waals surface area contributed by atoms with Crippen LogP contribution in [0.1, 0.15) is 64.9 Å². The molecule has 0 spiro atoms. The topological polar surface area (TPSA) is 35.2 Å². The molecule has 0 amide bonds. The monoisotopic (exact) mass is 337 g/mol. The average Bonchev–Trinajstić information content (AvgIpc) is 2.50. The molecule has 1 aliphatic rings. The van der Waals surface area contributed by atoms with Gasteiger partial charge in [0.25, 0.3) is 0 Å². The van der Waals surface area contributed by atoms with Crippen molar-refractivity contribution < 1.29 is 4.74 Å². The van der Waals surface area contributed by atoms with Crippen molar-refractivity contribution in [1.29, 1.82) is 0 Å². The molecular formula is C20H32ClNO. The summed E-state index contributed by atoms with van der Waals surface area (Å²) in [4.78, 5) is 0. The Morgan fingerprint density at radius 2 is 1.87 bits per heavy atom. The van der Waals surface area contributed by atoms with E-state index in [0.717, 1.165) is 16.7 Å². The Morgan fingerprint density at radius 3 is 2.39 bits per heavy atom. The van der Waals surface area contributed by atoms with Gasteiger partial charge in [0.05, 0.1) is 6.61 Å². The summed E-state index contributed by atoms with van der Waals surface area (Å²) in [6.45, 7) is 10.4. The third-order valence-electron chi connectivity index (χ3n) is 5.49. The van der Waals surface area contributed by atoms with Gasteiger partial charge in [-0.15, -0.1) is 0 Å². The third-order valence-corrected chi connectivity index (χ3v) is 5.73. The zero-order valence-corrected chi connectivity index (χ0v) is 15.8. The van der Waals surface area contributed by atoms with Crippen molar-refractivity contribution in [2.75, 3.05) is 13.2 Å². The van der Waals surface area contributed by atoms with Gasteiger partial charge < -0.3 is 10.5 Å². The van der Waals surface area contributed by atoms with Gasteiger partial charge in [0.15, 0.2) is 0 Å². The van der Waals surface area contributed by atoms with Crippen molar-refractivity contribution in [3.8, 4) is 5.75 Å².